The quantitative estimate of drug-likeness (QED) is 0.173. The highest BCUT2D eigenvalue weighted by molar-refractivity contribution is 7.53. The van der Waals surface area contributed by atoms with Crippen molar-refractivity contribution in [1.82, 2.24) is 5.06 Å². The summed E-state index contributed by atoms with van der Waals surface area (Å²) < 4.78 is 33.2. The van der Waals surface area contributed by atoms with Gasteiger partial charge in [0.05, 0.1) is 6.16 Å². The highest BCUT2D eigenvalue weighted by Gasteiger charge is 2.32. The van der Waals surface area contributed by atoms with Crippen LogP contribution in [0.1, 0.15) is 53.9 Å². The van der Waals surface area contributed by atoms with Crippen molar-refractivity contribution in [2.24, 2.45) is 0 Å². The molecule has 2 atom stereocenters. The molecule has 152 valence electrons. The maximum Gasteiger partial charge on any atom is 0.336 e. The summed E-state index contributed by atoms with van der Waals surface area (Å²) in [6.45, 7) is 7.01. The largest absolute Gasteiger partial charge is 0.436 e. The molecule has 0 aromatic rings. The number of carbonyl (C=O) groups excluding carboxylic acids is 3. The van der Waals surface area contributed by atoms with Crippen LogP contribution in [0.4, 0.5) is 0 Å². The molecule has 0 bridgehead atoms. The number of amides is 1. The zero-order chi connectivity index (χ0) is 20.3. The lowest BCUT2D eigenvalue weighted by molar-refractivity contribution is -0.167. The number of rotatable bonds is 12. The molecule has 0 aromatic heterocycles. The summed E-state index contributed by atoms with van der Waals surface area (Å²) in [5.74, 6) is -1.67. The number of carbonyl (C=O) groups is 3. The van der Waals surface area contributed by atoms with Crippen molar-refractivity contribution in [1.29, 1.82) is 0 Å². The van der Waals surface area contributed by atoms with Gasteiger partial charge in [-0.15, -0.1) is 0 Å². The standard InChI is InChI=1S/C15H28NO9P/c1-6-14(18)22-12(4)24-26(21,10-8-9-16(20)11(3)17)25-13(5)23-15(19)7-2/h12-13,20H,6-10H2,1-5H3. The summed E-state index contributed by atoms with van der Waals surface area (Å²) in [4.78, 5) is 33.6. The van der Waals surface area contributed by atoms with Crippen LogP contribution in [-0.2, 0) is 37.5 Å². The summed E-state index contributed by atoms with van der Waals surface area (Å²) in [5.41, 5.74) is 0. The lowest BCUT2D eigenvalue weighted by Crippen LogP contribution is -2.27. The molecule has 11 heteroatoms. The first-order chi connectivity index (χ1) is 12.0. The maximum absolute atomic E-state index is 12.9. The second-order valence-corrected chi connectivity index (χ2v) is 7.45. The number of hydrogen-bond donors (Lipinski definition) is 1. The van der Waals surface area contributed by atoms with Gasteiger partial charge < -0.3 is 9.47 Å². The second kappa shape index (κ2) is 12.0. The normalized spacial score (nSPS) is 15.5. The third-order valence-corrected chi connectivity index (χ3v) is 5.06. The van der Waals surface area contributed by atoms with Crippen LogP contribution in [0.5, 0.6) is 0 Å². The van der Waals surface area contributed by atoms with Gasteiger partial charge in [-0.25, -0.2) is 5.06 Å². The Balaban J connectivity index is 4.93. The summed E-state index contributed by atoms with van der Waals surface area (Å²) in [5, 5.41) is 9.83. The first-order valence-corrected chi connectivity index (χ1v) is 10.1. The van der Waals surface area contributed by atoms with E-state index in [0.29, 0.717) is 5.06 Å². The fourth-order valence-corrected chi connectivity index (χ4v) is 3.51. The van der Waals surface area contributed by atoms with Gasteiger partial charge in [0.1, 0.15) is 0 Å². The highest BCUT2D eigenvalue weighted by atomic mass is 31.2. The van der Waals surface area contributed by atoms with Crippen LogP contribution in [0.2, 0.25) is 0 Å². The van der Waals surface area contributed by atoms with Gasteiger partial charge in [0.2, 0.25) is 18.5 Å². The fraction of sp³-hybridized carbons (Fsp3) is 0.800. The SMILES string of the molecule is CCC(=O)OC(C)OP(=O)(CCCN(O)C(C)=O)OC(C)OC(=O)CC. The Labute approximate surface area is 153 Å². The molecular formula is C15H28NO9P. The van der Waals surface area contributed by atoms with E-state index < -0.39 is 38.0 Å². The van der Waals surface area contributed by atoms with Gasteiger partial charge in [-0.2, -0.15) is 0 Å². The van der Waals surface area contributed by atoms with E-state index in [4.69, 9.17) is 18.5 Å². The fourth-order valence-electron chi connectivity index (χ4n) is 1.73. The summed E-state index contributed by atoms with van der Waals surface area (Å²) in [6, 6.07) is 0. The van der Waals surface area contributed by atoms with Crippen LogP contribution in [-0.4, -0.2) is 53.4 Å². The molecule has 0 radical (unpaired) electrons. The molecule has 0 heterocycles. The molecule has 26 heavy (non-hydrogen) atoms. The van der Waals surface area contributed by atoms with Crippen molar-refractivity contribution >= 4 is 25.4 Å². The summed E-state index contributed by atoms with van der Waals surface area (Å²) >= 11 is 0. The molecule has 1 amide bonds. The van der Waals surface area contributed by atoms with Crippen molar-refractivity contribution in [3.63, 3.8) is 0 Å². The first-order valence-electron chi connectivity index (χ1n) is 8.34. The van der Waals surface area contributed by atoms with E-state index in [2.05, 4.69) is 0 Å². The van der Waals surface area contributed by atoms with Crippen LogP contribution < -0.4 is 0 Å². The van der Waals surface area contributed by atoms with Crippen molar-refractivity contribution in [3.8, 4) is 0 Å². The minimum Gasteiger partial charge on any atom is -0.436 e. The van der Waals surface area contributed by atoms with E-state index >= 15 is 0 Å². The van der Waals surface area contributed by atoms with Crippen molar-refractivity contribution in [3.05, 3.63) is 0 Å². The number of ether oxygens (including phenoxy) is 2. The number of hydroxylamine groups is 2. The summed E-state index contributed by atoms with van der Waals surface area (Å²) in [7, 11) is -3.85. The lowest BCUT2D eigenvalue weighted by atomic mass is 10.4. The third-order valence-electron chi connectivity index (χ3n) is 2.96. The zero-order valence-electron chi connectivity index (χ0n) is 15.8. The first kappa shape index (κ1) is 24.5. The van der Waals surface area contributed by atoms with Gasteiger partial charge in [-0.05, 0) is 20.3 Å². The van der Waals surface area contributed by atoms with Crippen molar-refractivity contribution in [2.45, 2.75) is 66.5 Å². The Bertz CT molecular complexity index is 495. The van der Waals surface area contributed by atoms with Crippen LogP contribution in [0.15, 0.2) is 0 Å². The van der Waals surface area contributed by atoms with Gasteiger partial charge >= 0.3 is 19.5 Å². The molecular weight excluding hydrogens is 369 g/mol. The van der Waals surface area contributed by atoms with E-state index in [1.807, 2.05) is 0 Å². The molecule has 0 saturated heterocycles. The van der Waals surface area contributed by atoms with Gasteiger partial charge in [0.25, 0.3) is 0 Å². The molecule has 0 aliphatic carbocycles. The molecule has 0 spiro atoms. The van der Waals surface area contributed by atoms with Crippen LogP contribution in [0.3, 0.4) is 0 Å². The molecule has 0 aliphatic rings. The van der Waals surface area contributed by atoms with E-state index in [1.54, 1.807) is 13.8 Å². The van der Waals surface area contributed by atoms with E-state index in [-0.39, 0.29) is 32.0 Å². The topological polar surface area (TPSA) is 129 Å². The number of esters is 2. The van der Waals surface area contributed by atoms with E-state index in [1.165, 1.54) is 20.8 Å². The Morgan fingerprint density at radius 2 is 1.42 bits per heavy atom. The second-order valence-electron chi connectivity index (χ2n) is 5.36. The Hall–Kier alpha value is -1.48. The van der Waals surface area contributed by atoms with Crippen LogP contribution >= 0.6 is 7.60 Å². The third kappa shape index (κ3) is 10.5. The molecule has 2 unspecified atom stereocenters. The van der Waals surface area contributed by atoms with Crippen LogP contribution in [0.25, 0.3) is 0 Å². The van der Waals surface area contributed by atoms with E-state index in [9.17, 15) is 24.2 Å². The minimum atomic E-state index is -3.85. The molecule has 10 nitrogen and oxygen atoms in total. The predicted molar refractivity (Wildman–Crippen MR) is 90.1 cm³/mol. The lowest BCUT2D eigenvalue weighted by Gasteiger charge is -2.25. The Kier molecular flexibility index (Phi) is 11.3. The maximum atomic E-state index is 12.9. The minimum absolute atomic E-state index is 0.0796. The van der Waals surface area contributed by atoms with Gasteiger partial charge in [0, 0.05) is 26.3 Å². The number of hydrogen-bond acceptors (Lipinski definition) is 9. The van der Waals surface area contributed by atoms with Crippen molar-refractivity contribution in [2.75, 3.05) is 12.7 Å². The Morgan fingerprint density at radius 3 is 1.77 bits per heavy atom. The average Bonchev–Trinajstić information content (AvgIpc) is 2.53. The molecule has 0 saturated carbocycles. The van der Waals surface area contributed by atoms with Gasteiger partial charge in [-0.3, -0.25) is 33.2 Å². The molecule has 0 aromatic carbocycles. The molecule has 0 fully saturated rings. The van der Waals surface area contributed by atoms with Gasteiger partial charge in [-0.1, -0.05) is 13.8 Å². The smallest absolute Gasteiger partial charge is 0.336 e. The number of nitrogens with zero attached hydrogens (tertiary/aromatic N) is 1. The molecule has 0 aliphatic heterocycles. The predicted octanol–water partition coefficient (Wildman–Crippen LogP) is 2.44. The molecule has 0 rings (SSSR count). The van der Waals surface area contributed by atoms with Crippen LogP contribution in [0, 0.1) is 0 Å². The zero-order valence-corrected chi connectivity index (χ0v) is 16.7. The Morgan fingerprint density at radius 1 is 1.00 bits per heavy atom. The highest BCUT2D eigenvalue weighted by Crippen LogP contribution is 2.51. The van der Waals surface area contributed by atoms with Gasteiger partial charge in [0.15, 0.2) is 0 Å². The monoisotopic (exact) mass is 397 g/mol. The average molecular weight is 397 g/mol. The summed E-state index contributed by atoms with van der Waals surface area (Å²) in [6.07, 6.45) is -2.20. The van der Waals surface area contributed by atoms with Crippen molar-refractivity contribution < 1.29 is 42.7 Å². The molecule has 1 N–H and O–H groups in total. The van der Waals surface area contributed by atoms with E-state index in [0.717, 1.165) is 0 Å².